The number of aliphatic hydroxyl groups is 1. The SMILES string of the molecule is COc1cccc(C2/C(=C(\O)c3cc(Cl)c(OC)c(Cl)c3OC)C(=O)C(=O)N2Cc2ccc(OC(C)C)cc2)c1. The molecule has 0 saturated carbocycles. The molecule has 1 saturated heterocycles. The van der Waals surface area contributed by atoms with Crippen molar-refractivity contribution in [2.45, 2.75) is 32.5 Å². The number of nitrogens with zero attached hydrogens (tertiary/aromatic N) is 1. The Morgan fingerprint density at radius 2 is 1.60 bits per heavy atom. The fourth-order valence-electron chi connectivity index (χ4n) is 4.64. The lowest BCUT2D eigenvalue weighted by Crippen LogP contribution is -2.29. The molecule has 40 heavy (non-hydrogen) atoms. The third-order valence-electron chi connectivity index (χ3n) is 6.39. The first-order valence-corrected chi connectivity index (χ1v) is 13.1. The van der Waals surface area contributed by atoms with Gasteiger partial charge in [0.2, 0.25) is 0 Å². The maximum Gasteiger partial charge on any atom is 0.295 e. The molecule has 0 spiro atoms. The van der Waals surface area contributed by atoms with Crippen molar-refractivity contribution in [1.29, 1.82) is 0 Å². The van der Waals surface area contributed by atoms with Crippen LogP contribution in [0.25, 0.3) is 5.76 Å². The summed E-state index contributed by atoms with van der Waals surface area (Å²) in [6.45, 7) is 3.95. The van der Waals surface area contributed by atoms with E-state index in [0.717, 1.165) is 5.56 Å². The number of likely N-dealkylation sites (tertiary alicyclic amines) is 1. The van der Waals surface area contributed by atoms with Gasteiger partial charge in [0.15, 0.2) is 11.5 Å². The molecule has 0 bridgehead atoms. The zero-order valence-electron chi connectivity index (χ0n) is 22.7. The van der Waals surface area contributed by atoms with Crippen LogP contribution in [0.2, 0.25) is 10.0 Å². The van der Waals surface area contributed by atoms with E-state index in [1.807, 2.05) is 26.0 Å². The monoisotopic (exact) mass is 585 g/mol. The molecule has 1 atom stereocenters. The molecule has 1 heterocycles. The van der Waals surface area contributed by atoms with Gasteiger partial charge < -0.3 is 29.0 Å². The topological polar surface area (TPSA) is 94.5 Å². The van der Waals surface area contributed by atoms with Crippen LogP contribution < -0.4 is 18.9 Å². The first-order chi connectivity index (χ1) is 19.1. The summed E-state index contributed by atoms with van der Waals surface area (Å²) in [5, 5.41) is 11.7. The second-order valence-electron chi connectivity index (χ2n) is 9.30. The number of ether oxygens (including phenoxy) is 4. The fourth-order valence-corrected chi connectivity index (χ4v) is 5.32. The first kappa shape index (κ1) is 29.1. The molecule has 1 aliphatic rings. The van der Waals surface area contributed by atoms with Crippen LogP contribution in [0, 0.1) is 0 Å². The van der Waals surface area contributed by atoms with Crippen LogP contribution in [0.5, 0.6) is 23.0 Å². The predicted octanol–water partition coefficient (Wildman–Crippen LogP) is 6.43. The van der Waals surface area contributed by atoms with Gasteiger partial charge in [0.1, 0.15) is 22.3 Å². The van der Waals surface area contributed by atoms with Crippen LogP contribution >= 0.6 is 23.2 Å². The van der Waals surface area contributed by atoms with Crippen LogP contribution in [-0.2, 0) is 16.1 Å². The Balaban J connectivity index is 1.88. The van der Waals surface area contributed by atoms with E-state index >= 15 is 0 Å². The van der Waals surface area contributed by atoms with E-state index in [4.69, 9.17) is 42.1 Å². The van der Waals surface area contributed by atoms with E-state index in [2.05, 4.69) is 0 Å². The molecule has 8 nitrogen and oxygen atoms in total. The van der Waals surface area contributed by atoms with Gasteiger partial charge in [-0.2, -0.15) is 0 Å². The first-order valence-electron chi connectivity index (χ1n) is 12.4. The van der Waals surface area contributed by atoms with Crippen LogP contribution in [0.1, 0.15) is 36.6 Å². The van der Waals surface area contributed by atoms with Gasteiger partial charge >= 0.3 is 0 Å². The molecule has 3 aromatic carbocycles. The van der Waals surface area contributed by atoms with E-state index in [9.17, 15) is 14.7 Å². The van der Waals surface area contributed by atoms with Gasteiger partial charge in [0, 0.05) is 6.54 Å². The van der Waals surface area contributed by atoms with Gasteiger partial charge in [-0.3, -0.25) is 9.59 Å². The lowest BCUT2D eigenvalue weighted by Gasteiger charge is -2.26. The van der Waals surface area contributed by atoms with E-state index < -0.39 is 23.5 Å². The highest BCUT2D eigenvalue weighted by atomic mass is 35.5. The Hall–Kier alpha value is -3.88. The molecule has 210 valence electrons. The van der Waals surface area contributed by atoms with Crippen LogP contribution in [-0.4, -0.2) is 49.1 Å². The second-order valence-corrected chi connectivity index (χ2v) is 10.1. The molecule has 1 N–H and O–H groups in total. The lowest BCUT2D eigenvalue weighted by atomic mass is 9.94. The highest BCUT2D eigenvalue weighted by Gasteiger charge is 2.46. The number of carbonyl (C=O) groups excluding carboxylic acids is 2. The molecule has 10 heteroatoms. The molecule has 0 aliphatic carbocycles. The summed E-state index contributed by atoms with van der Waals surface area (Å²) >= 11 is 12.8. The predicted molar refractivity (Wildman–Crippen MR) is 153 cm³/mol. The average molecular weight is 586 g/mol. The number of methoxy groups -OCH3 is 3. The molecule has 3 aromatic rings. The third-order valence-corrected chi connectivity index (χ3v) is 7.02. The Morgan fingerprint density at radius 3 is 2.20 bits per heavy atom. The Labute approximate surface area is 242 Å². The van der Waals surface area contributed by atoms with Crippen LogP contribution in [0.4, 0.5) is 0 Å². The number of hydrogen-bond donors (Lipinski definition) is 1. The minimum Gasteiger partial charge on any atom is -0.507 e. The molecule has 1 aliphatic heterocycles. The Morgan fingerprint density at radius 1 is 0.925 bits per heavy atom. The standard InChI is InChI=1S/C30H29Cl2NO7/c1-16(2)40-19-11-9-17(10-12-19)15-33-25(18-7-6-8-20(13-18)37-3)23(27(35)30(33)36)26(34)21-14-22(31)29(39-5)24(32)28(21)38-4/h6-14,16,25,34H,15H2,1-5H3/b26-23+. The molecule has 0 aromatic heterocycles. The largest absolute Gasteiger partial charge is 0.507 e. The minimum atomic E-state index is -0.953. The Bertz CT molecular complexity index is 1470. The van der Waals surface area contributed by atoms with Gasteiger partial charge in [0.05, 0.1) is 49.6 Å². The van der Waals surface area contributed by atoms with Crippen molar-refractivity contribution in [2.24, 2.45) is 0 Å². The number of ketones is 1. The number of rotatable bonds is 9. The van der Waals surface area contributed by atoms with E-state index in [-0.39, 0.29) is 45.3 Å². The summed E-state index contributed by atoms with van der Waals surface area (Å²) in [6, 6.07) is 14.6. The normalized spacial score (nSPS) is 16.4. The highest BCUT2D eigenvalue weighted by molar-refractivity contribution is 6.47. The Kier molecular flexibility index (Phi) is 8.81. The number of Topliss-reactive ketones (excluding diaryl/α,β-unsaturated/α-hetero) is 1. The summed E-state index contributed by atoms with van der Waals surface area (Å²) in [5.74, 6) is -0.741. The maximum atomic E-state index is 13.5. The summed E-state index contributed by atoms with van der Waals surface area (Å²) in [6.07, 6.45) is 0.00805. The van der Waals surface area contributed by atoms with Gasteiger partial charge in [0.25, 0.3) is 11.7 Å². The van der Waals surface area contributed by atoms with Crippen LogP contribution in [0.3, 0.4) is 0 Å². The van der Waals surface area contributed by atoms with Crippen molar-refractivity contribution >= 4 is 40.7 Å². The summed E-state index contributed by atoms with van der Waals surface area (Å²) in [5.41, 5.74) is 1.22. The number of halogens is 2. The molecule has 0 radical (unpaired) electrons. The number of amides is 1. The van der Waals surface area contributed by atoms with Crippen molar-refractivity contribution in [3.05, 3.63) is 86.9 Å². The summed E-state index contributed by atoms with van der Waals surface area (Å²) in [7, 11) is 4.26. The number of carbonyl (C=O) groups is 2. The molecule has 1 unspecified atom stereocenters. The van der Waals surface area contributed by atoms with Crippen molar-refractivity contribution in [3.63, 3.8) is 0 Å². The molecular formula is C30H29Cl2NO7. The molecule has 1 amide bonds. The van der Waals surface area contributed by atoms with Crippen molar-refractivity contribution in [3.8, 4) is 23.0 Å². The van der Waals surface area contributed by atoms with Gasteiger partial charge in [-0.15, -0.1) is 0 Å². The zero-order valence-corrected chi connectivity index (χ0v) is 24.2. The highest BCUT2D eigenvalue weighted by Crippen LogP contribution is 2.47. The van der Waals surface area contributed by atoms with Crippen LogP contribution in [0.15, 0.2) is 60.2 Å². The quantitative estimate of drug-likeness (QED) is 0.176. The second kappa shape index (κ2) is 12.1. The summed E-state index contributed by atoms with van der Waals surface area (Å²) < 4.78 is 21.8. The smallest absolute Gasteiger partial charge is 0.295 e. The van der Waals surface area contributed by atoms with E-state index in [1.54, 1.807) is 36.4 Å². The zero-order chi connectivity index (χ0) is 29.1. The number of hydrogen-bond acceptors (Lipinski definition) is 7. The van der Waals surface area contributed by atoms with Crippen molar-refractivity contribution in [2.75, 3.05) is 21.3 Å². The van der Waals surface area contributed by atoms with Crippen molar-refractivity contribution < 1.29 is 33.6 Å². The molecule has 4 rings (SSSR count). The average Bonchev–Trinajstić information content (AvgIpc) is 3.18. The third kappa shape index (κ3) is 5.55. The minimum absolute atomic E-state index is 0.00805. The lowest BCUT2D eigenvalue weighted by molar-refractivity contribution is -0.140. The number of benzene rings is 3. The van der Waals surface area contributed by atoms with Gasteiger partial charge in [-0.05, 0) is 55.3 Å². The summed E-state index contributed by atoms with van der Waals surface area (Å²) in [4.78, 5) is 28.4. The maximum absolute atomic E-state index is 13.5. The van der Waals surface area contributed by atoms with E-state index in [1.165, 1.54) is 32.3 Å². The number of aliphatic hydroxyl groups excluding tert-OH is 1. The molecule has 1 fully saturated rings. The fraction of sp³-hybridized carbons (Fsp3) is 0.267. The van der Waals surface area contributed by atoms with Gasteiger partial charge in [-0.1, -0.05) is 47.5 Å². The van der Waals surface area contributed by atoms with E-state index in [0.29, 0.717) is 17.1 Å². The molecular weight excluding hydrogens is 557 g/mol. The van der Waals surface area contributed by atoms with Gasteiger partial charge in [-0.25, -0.2) is 0 Å². The van der Waals surface area contributed by atoms with Crippen molar-refractivity contribution in [1.82, 2.24) is 4.90 Å².